The fourth-order valence-corrected chi connectivity index (χ4v) is 4.21. The SMILES string of the molecule is CN=C(NCCc1nccn1Cc1ccccc1)N1CCC(c2ccc(OC)cc2)C1. The van der Waals surface area contributed by atoms with E-state index < -0.39 is 0 Å². The van der Waals surface area contributed by atoms with E-state index in [9.17, 15) is 0 Å². The number of aromatic nitrogens is 2. The third kappa shape index (κ3) is 5.26. The van der Waals surface area contributed by atoms with Gasteiger partial charge in [-0.3, -0.25) is 4.99 Å². The van der Waals surface area contributed by atoms with Gasteiger partial charge in [-0.1, -0.05) is 42.5 Å². The molecule has 1 saturated heterocycles. The summed E-state index contributed by atoms with van der Waals surface area (Å²) in [6.45, 7) is 3.65. The minimum absolute atomic E-state index is 0.522. The number of imidazole rings is 1. The first-order valence-corrected chi connectivity index (χ1v) is 10.9. The quantitative estimate of drug-likeness (QED) is 0.472. The molecule has 2 heterocycles. The molecule has 2 aromatic carbocycles. The Kier molecular flexibility index (Phi) is 6.87. The fraction of sp³-hybridized carbons (Fsp3) is 0.360. The zero-order chi connectivity index (χ0) is 21.5. The van der Waals surface area contributed by atoms with Crippen LogP contribution in [0.25, 0.3) is 0 Å². The van der Waals surface area contributed by atoms with Crippen molar-refractivity contribution in [2.45, 2.75) is 25.3 Å². The Bertz CT molecular complexity index is 981. The van der Waals surface area contributed by atoms with Gasteiger partial charge in [-0.2, -0.15) is 0 Å². The molecule has 1 aliphatic heterocycles. The Hall–Kier alpha value is -3.28. The molecular formula is C25H31N5O. The maximum absolute atomic E-state index is 5.28. The van der Waals surface area contributed by atoms with Crippen LogP contribution in [0.4, 0.5) is 0 Å². The lowest BCUT2D eigenvalue weighted by molar-refractivity contribution is 0.414. The second-order valence-electron chi connectivity index (χ2n) is 7.89. The van der Waals surface area contributed by atoms with Crippen molar-refractivity contribution in [1.82, 2.24) is 19.8 Å². The number of rotatable bonds is 7. The number of hydrogen-bond acceptors (Lipinski definition) is 3. The molecule has 0 spiro atoms. The molecule has 0 aliphatic carbocycles. The van der Waals surface area contributed by atoms with Crippen LogP contribution >= 0.6 is 0 Å². The Labute approximate surface area is 184 Å². The first kappa shape index (κ1) is 21.0. The highest BCUT2D eigenvalue weighted by molar-refractivity contribution is 5.80. The normalized spacial score (nSPS) is 16.5. The van der Waals surface area contributed by atoms with E-state index in [-0.39, 0.29) is 0 Å². The van der Waals surface area contributed by atoms with Crippen LogP contribution in [-0.2, 0) is 13.0 Å². The largest absolute Gasteiger partial charge is 0.497 e. The summed E-state index contributed by atoms with van der Waals surface area (Å²) in [5.41, 5.74) is 2.65. The van der Waals surface area contributed by atoms with E-state index >= 15 is 0 Å². The lowest BCUT2D eigenvalue weighted by atomic mass is 9.98. The molecule has 1 unspecified atom stereocenters. The molecule has 1 fully saturated rings. The van der Waals surface area contributed by atoms with Gasteiger partial charge in [0.05, 0.1) is 7.11 Å². The van der Waals surface area contributed by atoms with Crippen molar-refractivity contribution in [3.8, 4) is 5.75 Å². The number of methoxy groups -OCH3 is 1. The number of aliphatic imine (C=N–C) groups is 1. The summed E-state index contributed by atoms with van der Waals surface area (Å²) in [4.78, 5) is 11.4. The molecule has 1 aliphatic rings. The van der Waals surface area contributed by atoms with E-state index in [0.29, 0.717) is 5.92 Å². The minimum atomic E-state index is 0.522. The van der Waals surface area contributed by atoms with Crippen LogP contribution in [0.15, 0.2) is 72.0 Å². The standard InChI is InChI=1S/C25H31N5O/c1-26-25(30-16-13-22(19-30)21-8-10-23(31-2)11-9-21)28-14-12-24-27-15-17-29(24)18-20-6-4-3-5-7-20/h3-11,15,17,22H,12-14,16,18-19H2,1-2H3,(H,26,28). The van der Waals surface area contributed by atoms with Crippen LogP contribution < -0.4 is 10.1 Å². The van der Waals surface area contributed by atoms with Crippen molar-refractivity contribution >= 4 is 5.96 Å². The highest BCUT2D eigenvalue weighted by Gasteiger charge is 2.26. The highest BCUT2D eigenvalue weighted by Crippen LogP contribution is 2.28. The second kappa shape index (κ2) is 10.2. The number of benzene rings is 2. The molecule has 6 nitrogen and oxygen atoms in total. The topological polar surface area (TPSA) is 54.7 Å². The first-order chi connectivity index (χ1) is 15.3. The number of nitrogens with one attached hydrogen (secondary N) is 1. The highest BCUT2D eigenvalue weighted by atomic mass is 16.5. The summed E-state index contributed by atoms with van der Waals surface area (Å²) in [6.07, 6.45) is 5.92. The number of likely N-dealkylation sites (tertiary alicyclic amines) is 1. The summed E-state index contributed by atoms with van der Waals surface area (Å²) >= 11 is 0. The van der Waals surface area contributed by atoms with Gasteiger partial charge in [0.2, 0.25) is 0 Å². The third-order valence-corrected chi connectivity index (χ3v) is 5.92. The molecule has 6 heteroatoms. The fourth-order valence-electron chi connectivity index (χ4n) is 4.21. The van der Waals surface area contributed by atoms with Crippen LogP contribution in [0, 0.1) is 0 Å². The number of guanidine groups is 1. The van der Waals surface area contributed by atoms with Crippen LogP contribution in [0.3, 0.4) is 0 Å². The van der Waals surface area contributed by atoms with Crippen molar-refractivity contribution < 1.29 is 4.74 Å². The molecule has 3 aromatic rings. The van der Waals surface area contributed by atoms with Crippen molar-refractivity contribution in [2.24, 2.45) is 4.99 Å². The smallest absolute Gasteiger partial charge is 0.193 e. The zero-order valence-electron chi connectivity index (χ0n) is 18.4. The number of hydrogen-bond donors (Lipinski definition) is 1. The summed E-state index contributed by atoms with van der Waals surface area (Å²) in [5, 5.41) is 3.53. The molecule has 1 aromatic heterocycles. The van der Waals surface area contributed by atoms with Gasteiger partial charge in [-0.15, -0.1) is 0 Å². The summed E-state index contributed by atoms with van der Waals surface area (Å²) in [7, 11) is 3.56. The molecule has 31 heavy (non-hydrogen) atoms. The monoisotopic (exact) mass is 417 g/mol. The molecule has 1 N–H and O–H groups in total. The lowest BCUT2D eigenvalue weighted by Gasteiger charge is -2.22. The van der Waals surface area contributed by atoms with Gasteiger partial charge in [0.25, 0.3) is 0 Å². The van der Waals surface area contributed by atoms with Crippen LogP contribution in [-0.4, -0.2) is 54.2 Å². The van der Waals surface area contributed by atoms with E-state index in [4.69, 9.17) is 4.74 Å². The molecule has 0 saturated carbocycles. The predicted octanol–water partition coefficient (Wildman–Crippen LogP) is 3.55. The molecular weight excluding hydrogens is 386 g/mol. The molecule has 0 amide bonds. The number of nitrogens with zero attached hydrogens (tertiary/aromatic N) is 4. The van der Waals surface area contributed by atoms with E-state index in [1.807, 2.05) is 31.4 Å². The first-order valence-electron chi connectivity index (χ1n) is 10.9. The maximum Gasteiger partial charge on any atom is 0.193 e. The third-order valence-electron chi connectivity index (χ3n) is 5.92. The van der Waals surface area contributed by atoms with Crippen LogP contribution in [0.2, 0.25) is 0 Å². The van der Waals surface area contributed by atoms with Crippen molar-refractivity contribution in [3.63, 3.8) is 0 Å². The van der Waals surface area contributed by atoms with E-state index in [0.717, 1.165) is 56.6 Å². The average Bonchev–Trinajstić information content (AvgIpc) is 3.48. The van der Waals surface area contributed by atoms with Crippen LogP contribution in [0.1, 0.15) is 29.3 Å². The molecule has 162 valence electrons. The van der Waals surface area contributed by atoms with E-state index in [1.165, 1.54) is 11.1 Å². The summed E-state index contributed by atoms with van der Waals surface area (Å²) < 4.78 is 7.50. The maximum atomic E-state index is 5.28. The van der Waals surface area contributed by atoms with Gasteiger partial charge in [0, 0.05) is 58.0 Å². The predicted molar refractivity (Wildman–Crippen MR) is 125 cm³/mol. The van der Waals surface area contributed by atoms with Crippen molar-refractivity contribution in [3.05, 3.63) is 83.9 Å². The summed E-state index contributed by atoms with van der Waals surface area (Å²) in [6, 6.07) is 18.9. The lowest BCUT2D eigenvalue weighted by Crippen LogP contribution is -2.40. The Morgan fingerprint density at radius 2 is 1.97 bits per heavy atom. The van der Waals surface area contributed by atoms with Gasteiger partial charge in [-0.05, 0) is 29.7 Å². The van der Waals surface area contributed by atoms with Crippen molar-refractivity contribution in [1.29, 1.82) is 0 Å². The van der Waals surface area contributed by atoms with E-state index in [2.05, 4.69) is 67.4 Å². The Morgan fingerprint density at radius 1 is 1.16 bits per heavy atom. The van der Waals surface area contributed by atoms with Gasteiger partial charge < -0.3 is 19.5 Å². The van der Waals surface area contributed by atoms with E-state index in [1.54, 1.807) is 7.11 Å². The van der Waals surface area contributed by atoms with Crippen molar-refractivity contribution in [2.75, 3.05) is 33.8 Å². The molecule has 4 rings (SSSR count). The van der Waals surface area contributed by atoms with Gasteiger partial charge in [0.1, 0.15) is 11.6 Å². The molecule has 0 radical (unpaired) electrons. The molecule has 0 bridgehead atoms. The minimum Gasteiger partial charge on any atom is -0.497 e. The number of ether oxygens (including phenoxy) is 1. The van der Waals surface area contributed by atoms with Gasteiger partial charge in [-0.25, -0.2) is 4.98 Å². The average molecular weight is 418 g/mol. The van der Waals surface area contributed by atoms with Crippen LogP contribution in [0.5, 0.6) is 5.75 Å². The summed E-state index contributed by atoms with van der Waals surface area (Å²) in [5.74, 6) is 3.48. The van der Waals surface area contributed by atoms with Gasteiger partial charge in [0.15, 0.2) is 5.96 Å². The van der Waals surface area contributed by atoms with Gasteiger partial charge >= 0.3 is 0 Å². The zero-order valence-corrected chi connectivity index (χ0v) is 18.4. The Morgan fingerprint density at radius 3 is 2.71 bits per heavy atom. The molecule has 1 atom stereocenters. The second-order valence-corrected chi connectivity index (χ2v) is 7.89. The Balaban J connectivity index is 1.29.